The standard InChI is InChI=1S/C11H18O3/c1-12-11(13-2,14-3)10-7-8-4-5-9(10)6-8/h4-5,8-10H,6-7H2,1-3H3/t8-,9+,10+/m1/s1. The minimum absolute atomic E-state index is 0.331. The molecule has 3 heteroatoms. The summed E-state index contributed by atoms with van der Waals surface area (Å²) in [5.74, 6) is 0.742. The van der Waals surface area contributed by atoms with Crippen molar-refractivity contribution in [3.8, 4) is 0 Å². The third-order valence-corrected chi connectivity index (χ3v) is 3.59. The maximum Gasteiger partial charge on any atom is 0.285 e. The van der Waals surface area contributed by atoms with Crippen molar-refractivity contribution >= 4 is 0 Å². The largest absolute Gasteiger partial charge is 0.331 e. The van der Waals surface area contributed by atoms with Crippen molar-refractivity contribution in [2.45, 2.75) is 18.8 Å². The summed E-state index contributed by atoms with van der Waals surface area (Å²) in [6.07, 6.45) is 6.90. The highest BCUT2D eigenvalue weighted by molar-refractivity contribution is 5.11. The second-order valence-corrected chi connectivity index (χ2v) is 4.10. The third kappa shape index (κ3) is 1.31. The van der Waals surface area contributed by atoms with E-state index in [2.05, 4.69) is 12.2 Å². The molecule has 2 rings (SSSR count). The highest BCUT2D eigenvalue weighted by atomic mass is 16.9. The lowest BCUT2D eigenvalue weighted by Gasteiger charge is -2.37. The van der Waals surface area contributed by atoms with E-state index >= 15 is 0 Å². The number of allylic oxidation sites excluding steroid dienone is 2. The van der Waals surface area contributed by atoms with Gasteiger partial charge in [0, 0.05) is 27.2 Å². The summed E-state index contributed by atoms with van der Waals surface area (Å²) in [6, 6.07) is 0. The molecule has 80 valence electrons. The van der Waals surface area contributed by atoms with Crippen LogP contribution in [0, 0.1) is 17.8 Å². The van der Waals surface area contributed by atoms with Gasteiger partial charge in [0.15, 0.2) is 0 Å². The van der Waals surface area contributed by atoms with Gasteiger partial charge in [-0.25, -0.2) is 0 Å². The van der Waals surface area contributed by atoms with E-state index in [1.54, 1.807) is 21.3 Å². The van der Waals surface area contributed by atoms with Gasteiger partial charge in [-0.3, -0.25) is 0 Å². The van der Waals surface area contributed by atoms with E-state index in [0.29, 0.717) is 17.8 Å². The van der Waals surface area contributed by atoms with Crippen molar-refractivity contribution in [1.29, 1.82) is 0 Å². The van der Waals surface area contributed by atoms with Gasteiger partial charge < -0.3 is 14.2 Å². The molecule has 2 bridgehead atoms. The molecule has 1 fully saturated rings. The van der Waals surface area contributed by atoms with Gasteiger partial charge >= 0.3 is 0 Å². The third-order valence-electron chi connectivity index (χ3n) is 3.59. The Labute approximate surface area is 85.0 Å². The van der Waals surface area contributed by atoms with Crippen molar-refractivity contribution in [1.82, 2.24) is 0 Å². The molecule has 1 saturated carbocycles. The van der Waals surface area contributed by atoms with Gasteiger partial charge in [0.25, 0.3) is 5.97 Å². The molecule has 0 spiro atoms. The molecule has 14 heavy (non-hydrogen) atoms. The molecule has 0 unspecified atom stereocenters. The quantitative estimate of drug-likeness (QED) is 0.509. The highest BCUT2D eigenvalue weighted by Gasteiger charge is 2.50. The van der Waals surface area contributed by atoms with Crippen molar-refractivity contribution < 1.29 is 14.2 Å². The van der Waals surface area contributed by atoms with Crippen LogP contribution in [0.15, 0.2) is 12.2 Å². The summed E-state index contributed by atoms with van der Waals surface area (Å²) in [5.41, 5.74) is 0. The molecule has 3 atom stereocenters. The molecular weight excluding hydrogens is 180 g/mol. The second kappa shape index (κ2) is 3.65. The zero-order valence-electron chi connectivity index (χ0n) is 9.03. The van der Waals surface area contributed by atoms with E-state index in [-0.39, 0.29) is 0 Å². The molecule has 2 aliphatic rings. The monoisotopic (exact) mass is 198 g/mol. The predicted molar refractivity (Wildman–Crippen MR) is 52.6 cm³/mol. The zero-order chi connectivity index (χ0) is 10.2. The van der Waals surface area contributed by atoms with Crippen LogP contribution in [0.5, 0.6) is 0 Å². The first-order chi connectivity index (χ1) is 6.75. The fourth-order valence-electron chi connectivity index (χ4n) is 2.89. The maximum absolute atomic E-state index is 5.39. The van der Waals surface area contributed by atoms with Gasteiger partial charge in [0.2, 0.25) is 0 Å². The van der Waals surface area contributed by atoms with Crippen LogP contribution in [0.4, 0.5) is 0 Å². The van der Waals surface area contributed by atoms with Crippen LogP contribution >= 0.6 is 0 Å². The Balaban J connectivity index is 2.16. The van der Waals surface area contributed by atoms with E-state index in [9.17, 15) is 0 Å². The molecule has 0 aromatic rings. The first-order valence-corrected chi connectivity index (χ1v) is 5.09. The minimum atomic E-state index is -0.843. The zero-order valence-corrected chi connectivity index (χ0v) is 9.03. The van der Waals surface area contributed by atoms with E-state index in [1.165, 1.54) is 6.42 Å². The number of hydrogen-bond acceptors (Lipinski definition) is 3. The Morgan fingerprint density at radius 2 is 1.64 bits per heavy atom. The minimum Gasteiger partial charge on any atom is -0.331 e. The van der Waals surface area contributed by atoms with E-state index < -0.39 is 5.97 Å². The number of rotatable bonds is 4. The number of fused-ring (bicyclic) bond motifs is 2. The van der Waals surface area contributed by atoms with Crippen molar-refractivity contribution in [3.63, 3.8) is 0 Å². The average Bonchev–Trinajstić information content (AvgIpc) is 2.83. The lowest BCUT2D eigenvalue weighted by molar-refractivity contribution is -0.381. The summed E-state index contributed by atoms with van der Waals surface area (Å²) >= 11 is 0. The van der Waals surface area contributed by atoms with Crippen LogP contribution < -0.4 is 0 Å². The molecular formula is C11H18O3. The summed E-state index contributed by atoms with van der Waals surface area (Å²) in [7, 11) is 4.92. The number of methoxy groups -OCH3 is 3. The Morgan fingerprint density at radius 3 is 2.00 bits per heavy atom. The van der Waals surface area contributed by atoms with Gasteiger partial charge in [-0.05, 0) is 24.7 Å². The van der Waals surface area contributed by atoms with Crippen molar-refractivity contribution in [2.75, 3.05) is 21.3 Å². The lowest BCUT2D eigenvalue weighted by atomic mass is 9.91. The first kappa shape index (κ1) is 10.1. The summed E-state index contributed by atoms with van der Waals surface area (Å²) in [6.45, 7) is 0. The predicted octanol–water partition coefficient (Wildman–Crippen LogP) is 1.79. The smallest absolute Gasteiger partial charge is 0.285 e. The fourth-order valence-corrected chi connectivity index (χ4v) is 2.89. The van der Waals surface area contributed by atoms with Crippen LogP contribution in [0.1, 0.15) is 12.8 Å². The first-order valence-electron chi connectivity index (χ1n) is 5.09. The summed E-state index contributed by atoms with van der Waals surface area (Å²) in [5, 5.41) is 0. The molecule has 0 aromatic heterocycles. The normalized spacial score (nSPS) is 35.5. The highest BCUT2D eigenvalue weighted by Crippen LogP contribution is 2.49. The van der Waals surface area contributed by atoms with Crippen LogP contribution in [0.3, 0.4) is 0 Å². The molecule has 0 saturated heterocycles. The maximum atomic E-state index is 5.39. The summed E-state index contributed by atoms with van der Waals surface area (Å²) < 4.78 is 16.2. The van der Waals surface area contributed by atoms with Gasteiger partial charge in [0.1, 0.15) is 0 Å². The topological polar surface area (TPSA) is 27.7 Å². The average molecular weight is 198 g/mol. The molecule has 0 N–H and O–H groups in total. The second-order valence-electron chi connectivity index (χ2n) is 4.10. The molecule has 0 radical (unpaired) electrons. The van der Waals surface area contributed by atoms with Gasteiger partial charge in [-0.1, -0.05) is 12.2 Å². The Kier molecular flexibility index (Phi) is 2.64. The molecule has 0 aromatic carbocycles. The van der Waals surface area contributed by atoms with Crippen LogP contribution in [0.2, 0.25) is 0 Å². The number of ether oxygens (including phenoxy) is 3. The molecule has 3 nitrogen and oxygen atoms in total. The lowest BCUT2D eigenvalue weighted by Crippen LogP contribution is -2.45. The Bertz CT molecular complexity index is 224. The fraction of sp³-hybridized carbons (Fsp3) is 0.818. The molecule has 0 heterocycles. The van der Waals surface area contributed by atoms with E-state index in [4.69, 9.17) is 14.2 Å². The van der Waals surface area contributed by atoms with Crippen LogP contribution in [-0.2, 0) is 14.2 Å². The van der Waals surface area contributed by atoms with E-state index in [1.807, 2.05) is 0 Å². The van der Waals surface area contributed by atoms with Crippen LogP contribution in [-0.4, -0.2) is 27.3 Å². The van der Waals surface area contributed by atoms with Gasteiger partial charge in [-0.2, -0.15) is 0 Å². The molecule has 2 aliphatic carbocycles. The van der Waals surface area contributed by atoms with Crippen molar-refractivity contribution in [2.24, 2.45) is 17.8 Å². The summed E-state index contributed by atoms with van der Waals surface area (Å²) in [4.78, 5) is 0. The number of hydrogen-bond donors (Lipinski definition) is 0. The molecule has 0 amide bonds. The van der Waals surface area contributed by atoms with E-state index in [0.717, 1.165) is 6.42 Å². The molecule has 0 aliphatic heterocycles. The van der Waals surface area contributed by atoms with Gasteiger partial charge in [0.05, 0.1) is 0 Å². The Hall–Kier alpha value is -0.380. The Morgan fingerprint density at radius 1 is 1.00 bits per heavy atom. The van der Waals surface area contributed by atoms with Gasteiger partial charge in [-0.15, -0.1) is 0 Å². The van der Waals surface area contributed by atoms with Crippen molar-refractivity contribution in [3.05, 3.63) is 12.2 Å². The SMILES string of the molecule is COC(OC)(OC)[C@H]1C[C@@H]2C=C[C@H]1C2. The van der Waals surface area contributed by atoms with Crippen LogP contribution in [0.25, 0.3) is 0 Å².